The minimum Gasteiger partial charge on any atom is -0.381 e. The third-order valence-electron chi connectivity index (χ3n) is 3.60. The Bertz CT molecular complexity index is 339. The van der Waals surface area contributed by atoms with E-state index < -0.39 is 0 Å². The van der Waals surface area contributed by atoms with Crippen LogP contribution in [0.5, 0.6) is 0 Å². The maximum Gasteiger partial charge on any atom is 0.0554 e. The summed E-state index contributed by atoms with van der Waals surface area (Å²) in [5.41, 5.74) is 1.82. The first-order chi connectivity index (χ1) is 7.41. The molecule has 0 aromatic carbocycles. The van der Waals surface area contributed by atoms with Gasteiger partial charge in [0.25, 0.3) is 0 Å². The number of nitrogens with one attached hydrogen (secondary N) is 1. The Morgan fingerprint density at radius 1 is 1.33 bits per heavy atom. The van der Waals surface area contributed by atoms with Crippen molar-refractivity contribution >= 4 is 11.3 Å². The highest BCUT2D eigenvalue weighted by atomic mass is 32.1. The molecule has 15 heavy (non-hydrogen) atoms. The summed E-state index contributed by atoms with van der Waals surface area (Å²) in [6.45, 7) is 2.97. The summed E-state index contributed by atoms with van der Waals surface area (Å²) < 4.78 is 5.58. The van der Waals surface area contributed by atoms with E-state index in [1.54, 1.807) is 10.4 Å². The van der Waals surface area contributed by atoms with E-state index in [1.165, 1.54) is 19.3 Å². The number of rotatable bonds is 0. The van der Waals surface area contributed by atoms with Gasteiger partial charge in [0.05, 0.1) is 5.54 Å². The third-order valence-corrected chi connectivity index (χ3v) is 4.77. The summed E-state index contributed by atoms with van der Waals surface area (Å²) in [7, 11) is 0. The number of fused-ring (bicyclic) bond motifs is 2. The molecule has 1 fully saturated rings. The molecule has 3 heterocycles. The molecule has 0 aliphatic carbocycles. The second-order valence-corrected chi connectivity index (χ2v) is 5.42. The van der Waals surface area contributed by atoms with Crippen molar-refractivity contribution in [2.75, 3.05) is 19.8 Å². The molecule has 1 aromatic rings. The SMILES string of the molecule is c1cc2c(s1)C1(CCCOCC1)NCC2. The van der Waals surface area contributed by atoms with Crippen molar-refractivity contribution in [2.45, 2.75) is 31.2 Å². The normalized spacial score (nSPS) is 31.2. The largest absolute Gasteiger partial charge is 0.381 e. The molecule has 1 aromatic heterocycles. The third kappa shape index (κ3) is 1.63. The van der Waals surface area contributed by atoms with E-state index in [0.717, 1.165) is 26.2 Å². The molecule has 3 heteroatoms. The molecule has 2 aliphatic rings. The lowest BCUT2D eigenvalue weighted by Crippen LogP contribution is -2.46. The van der Waals surface area contributed by atoms with Crippen molar-refractivity contribution in [3.05, 3.63) is 21.9 Å². The van der Waals surface area contributed by atoms with Gasteiger partial charge >= 0.3 is 0 Å². The smallest absolute Gasteiger partial charge is 0.0554 e. The molecule has 0 amide bonds. The van der Waals surface area contributed by atoms with Gasteiger partial charge in [0.2, 0.25) is 0 Å². The summed E-state index contributed by atoms with van der Waals surface area (Å²) in [5.74, 6) is 0. The van der Waals surface area contributed by atoms with Crippen LogP contribution in [0.2, 0.25) is 0 Å². The molecular formula is C12H17NOS. The van der Waals surface area contributed by atoms with Crippen LogP contribution in [0.4, 0.5) is 0 Å². The van der Waals surface area contributed by atoms with E-state index in [2.05, 4.69) is 16.8 Å². The number of thiophene rings is 1. The van der Waals surface area contributed by atoms with E-state index in [4.69, 9.17) is 4.74 Å². The van der Waals surface area contributed by atoms with Crippen LogP contribution < -0.4 is 5.32 Å². The van der Waals surface area contributed by atoms with Gasteiger partial charge in [-0.15, -0.1) is 11.3 Å². The molecule has 1 spiro atoms. The van der Waals surface area contributed by atoms with Crippen LogP contribution in [0.25, 0.3) is 0 Å². The minimum atomic E-state index is 0.248. The van der Waals surface area contributed by atoms with Crippen molar-refractivity contribution in [3.8, 4) is 0 Å². The Labute approximate surface area is 94.6 Å². The second kappa shape index (κ2) is 3.89. The minimum absolute atomic E-state index is 0.248. The van der Waals surface area contributed by atoms with Crippen molar-refractivity contribution < 1.29 is 4.74 Å². The molecule has 3 rings (SSSR count). The Kier molecular flexibility index (Phi) is 2.54. The van der Waals surface area contributed by atoms with E-state index in [1.807, 2.05) is 11.3 Å². The highest BCUT2D eigenvalue weighted by Crippen LogP contribution is 2.40. The zero-order chi connectivity index (χ0) is 10.1. The quantitative estimate of drug-likeness (QED) is 0.728. The number of hydrogen-bond acceptors (Lipinski definition) is 3. The Hall–Kier alpha value is -0.380. The van der Waals surface area contributed by atoms with Gasteiger partial charge in [0.1, 0.15) is 0 Å². The molecule has 1 atom stereocenters. The van der Waals surface area contributed by atoms with Crippen LogP contribution >= 0.6 is 11.3 Å². The standard InChI is InChI=1S/C12H17NOS/c1-4-12(5-8-14-7-1)11-10(2-6-13-12)3-9-15-11/h3,9,13H,1-2,4-8H2. The van der Waals surface area contributed by atoms with Crippen LogP contribution in [0.1, 0.15) is 29.7 Å². The second-order valence-electron chi connectivity index (χ2n) is 4.50. The summed E-state index contributed by atoms with van der Waals surface area (Å²) in [6, 6.07) is 2.30. The Balaban J connectivity index is 1.98. The van der Waals surface area contributed by atoms with Gasteiger partial charge in [-0.05, 0) is 42.7 Å². The lowest BCUT2D eigenvalue weighted by atomic mass is 9.83. The number of hydrogen-bond donors (Lipinski definition) is 1. The van der Waals surface area contributed by atoms with Crippen molar-refractivity contribution in [1.82, 2.24) is 5.32 Å². The van der Waals surface area contributed by atoms with Crippen LogP contribution in [-0.2, 0) is 16.7 Å². The van der Waals surface area contributed by atoms with Crippen LogP contribution in [0.3, 0.4) is 0 Å². The van der Waals surface area contributed by atoms with Gasteiger partial charge in [-0.25, -0.2) is 0 Å². The van der Waals surface area contributed by atoms with Gasteiger partial charge < -0.3 is 10.1 Å². The molecule has 1 saturated heterocycles. The van der Waals surface area contributed by atoms with Crippen LogP contribution in [0.15, 0.2) is 11.4 Å². The van der Waals surface area contributed by atoms with Gasteiger partial charge in [-0.2, -0.15) is 0 Å². The van der Waals surface area contributed by atoms with Crippen LogP contribution in [-0.4, -0.2) is 19.8 Å². The molecule has 2 nitrogen and oxygen atoms in total. The van der Waals surface area contributed by atoms with Gasteiger partial charge in [0, 0.05) is 24.6 Å². The molecule has 0 radical (unpaired) electrons. The first kappa shape index (κ1) is 9.82. The fourth-order valence-electron chi connectivity index (χ4n) is 2.82. The van der Waals surface area contributed by atoms with E-state index in [0.29, 0.717) is 0 Å². The van der Waals surface area contributed by atoms with Gasteiger partial charge in [-0.1, -0.05) is 0 Å². The first-order valence-corrected chi connectivity index (χ1v) is 6.68. The Morgan fingerprint density at radius 2 is 2.33 bits per heavy atom. The van der Waals surface area contributed by atoms with E-state index in [-0.39, 0.29) is 5.54 Å². The summed E-state index contributed by atoms with van der Waals surface area (Å²) in [4.78, 5) is 1.58. The average molecular weight is 223 g/mol. The predicted molar refractivity (Wildman–Crippen MR) is 62.4 cm³/mol. The fraction of sp³-hybridized carbons (Fsp3) is 0.667. The average Bonchev–Trinajstić information content (AvgIpc) is 2.62. The van der Waals surface area contributed by atoms with Crippen molar-refractivity contribution in [2.24, 2.45) is 0 Å². The zero-order valence-electron chi connectivity index (χ0n) is 8.92. The van der Waals surface area contributed by atoms with Gasteiger partial charge in [0.15, 0.2) is 0 Å². The van der Waals surface area contributed by atoms with Gasteiger partial charge in [-0.3, -0.25) is 0 Å². The highest BCUT2D eigenvalue weighted by Gasteiger charge is 2.37. The topological polar surface area (TPSA) is 21.3 Å². The molecule has 2 aliphatic heterocycles. The van der Waals surface area contributed by atoms with E-state index in [9.17, 15) is 0 Å². The van der Waals surface area contributed by atoms with Crippen molar-refractivity contribution in [1.29, 1.82) is 0 Å². The van der Waals surface area contributed by atoms with Crippen LogP contribution in [0, 0.1) is 0 Å². The molecule has 82 valence electrons. The Morgan fingerprint density at radius 3 is 3.33 bits per heavy atom. The zero-order valence-corrected chi connectivity index (χ0v) is 9.74. The summed E-state index contributed by atoms with van der Waals surface area (Å²) >= 11 is 1.92. The molecule has 0 saturated carbocycles. The predicted octanol–water partition coefficient (Wildman–Crippen LogP) is 2.29. The molecule has 0 bridgehead atoms. The maximum atomic E-state index is 5.58. The molecule has 1 N–H and O–H groups in total. The number of ether oxygens (including phenoxy) is 1. The highest BCUT2D eigenvalue weighted by molar-refractivity contribution is 7.10. The van der Waals surface area contributed by atoms with E-state index >= 15 is 0 Å². The lowest BCUT2D eigenvalue weighted by Gasteiger charge is -2.37. The lowest BCUT2D eigenvalue weighted by molar-refractivity contribution is 0.136. The van der Waals surface area contributed by atoms with Crippen molar-refractivity contribution in [3.63, 3.8) is 0 Å². The molecule has 1 unspecified atom stereocenters. The fourth-order valence-corrected chi connectivity index (χ4v) is 4.01. The first-order valence-electron chi connectivity index (χ1n) is 5.80. The maximum absolute atomic E-state index is 5.58. The summed E-state index contributed by atoms with van der Waals surface area (Å²) in [6.07, 6.45) is 4.76. The monoisotopic (exact) mass is 223 g/mol. The molecular weight excluding hydrogens is 206 g/mol. The summed E-state index contributed by atoms with van der Waals surface area (Å²) in [5, 5.41) is 5.99.